The van der Waals surface area contributed by atoms with Crippen molar-refractivity contribution in [3.05, 3.63) is 0 Å². The van der Waals surface area contributed by atoms with Gasteiger partial charge in [-0.25, -0.2) is 4.79 Å². The van der Waals surface area contributed by atoms with Gasteiger partial charge in [0.25, 0.3) is 0 Å². The minimum atomic E-state index is -1.08. The molecule has 0 aliphatic heterocycles. The molecule has 5 nitrogen and oxygen atoms in total. The first-order valence-electron chi connectivity index (χ1n) is 3.98. The minimum Gasteiger partial charge on any atom is -0.468 e. The summed E-state index contributed by atoms with van der Waals surface area (Å²) in [5.74, 6) is -0.482. The number of rotatable bonds is 6. The van der Waals surface area contributed by atoms with Crippen LogP contribution in [0.3, 0.4) is 0 Å². The van der Waals surface area contributed by atoms with Crippen molar-refractivity contribution < 1.29 is 19.0 Å². The third kappa shape index (κ3) is 4.82. The second-order valence-electron chi connectivity index (χ2n) is 2.95. The first-order valence-corrected chi connectivity index (χ1v) is 3.98. The Labute approximate surface area is 78.1 Å². The van der Waals surface area contributed by atoms with Gasteiger partial charge >= 0.3 is 5.97 Å². The lowest BCUT2D eigenvalue weighted by Gasteiger charge is -2.20. The fraction of sp³-hybridized carbons (Fsp3) is 0.875. The van der Waals surface area contributed by atoms with E-state index in [-0.39, 0.29) is 6.61 Å². The number of carbonyl (C=O) groups is 1. The number of hydrogen-bond donors (Lipinski definition) is 1. The van der Waals surface area contributed by atoms with Gasteiger partial charge in [-0.3, -0.25) is 0 Å². The van der Waals surface area contributed by atoms with Crippen LogP contribution in [0.5, 0.6) is 0 Å². The summed E-state index contributed by atoms with van der Waals surface area (Å²) in [7, 11) is 2.87. The summed E-state index contributed by atoms with van der Waals surface area (Å²) in [6, 6.07) is 0. The maximum absolute atomic E-state index is 11.0. The van der Waals surface area contributed by atoms with Crippen LogP contribution in [-0.2, 0) is 19.0 Å². The Hall–Kier alpha value is -0.650. The molecule has 1 unspecified atom stereocenters. The first-order chi connectivity index (χ1) is 6.04. The zero-order valence-corrected chi connectivity index (χ0v) is 8.33. The van der Waals surface area contributed by atoms with Crippen molar-refractivity contribution >= 4 is 5.97 Å². The molecule has 2 N–H and O–H groups in total. The average Bonchev–Trinajstić information content (AvgIpc) is 2.11. The van der Waals surface area contributed by atoms with Gasteiger partial charge in [0.2, 0.25) is 0 Å². The van der Waals surface area contributed by atoms with E-state index < -0.39 is 11.5 Å². The van der Waals surface area contributed by atoms with Crippen LogP contribution in [0.4, 0.5) is 0 Å². The quantitative estimate of drug-likeness (QED) is 0.454. The molecule has 0 bridgehead atoms. The molecule has 0 rings (SSSR count). The molecule has 0 fully saturated rings. The topological polar surface area (TPSA) is 70.8 Å². The van der Waals surface area contributed by atoms with Crippen molar-refractivity contribution in [2.45, 2.75) is 12.5 Å². The molecule has 0 saturated heterocycles. The minimum absolute atomic E-state index is 0.128. The molecule has 1 atom stereocenters. The van der Waals surface area contributed by atoms with Crippen LogP contribution in [0, 0.1) is 0 Å². The van der Waals surface area contributed by atoms with E-state index in [1.807, 2.05) is 0 Å². The SMILES string of the molecule is COCCOCC(C)(N)C(=O)OC. The monoisotopic (exact) mass is 191 g/mol. The van der Waals surface area contributed by atoms with Crippen LogP contribution in [-0.4, -0.2) is 45.5 Å². The maximum atomic E-state index is 11.0. The second kappa shape index (κ2) is 5.90. The second-order valence-corrected chi connectivity index (χ2v) is 2.95. The lowest BCUT2D eigenvalue weighted by Crippen LogP contribution is -2.50. The van der Waals surface area contributed by atoms with Crippen LogP contribution < -0.4 is 5.73 Å². The normalized spacial score (nSPS) is 15.1. The van der Waals surface area contributed by atoms with Crippen molar-refractivity contribution in [3.63, 3.8) is 0 Å². The van der Waals surface area contributed by atoms with E-state index in [1.165, 1.54) is 7.11 Å². The Morgan fingerprint density at radius 2 is 2.00 bits per heavy atom. The summed E-state index contributed by atoms with van der Waals surface area (Å²) in [6.07, 6.45) is 0. The maximum Gasteiger partial charge on any atom is 0.327 e. The third-order valence-corrected chi connectivity index (χ3v) is 1.49. The lowest BCUT2D eigenvalue weighted by atomic mass is 10.1. The first kappa shape index (κ1) is 12.3. The highest BCUT2D eigenvalue weighted by Gasteiger charge is 2.29. The largest absolute Gasteiger partial charge is 0.468 e. The number of nitrogens with two attached hydrogens (primary N) is 1. The molecule has 0 heterocycles. The molecule has 0 aliphatic rings. The van der Waals surface area contributed by atoms with Crippen LogP contribution >= 0.6 is 0 Å². The molecule has 5 heteroatoms. The molecule has 0 spiro atoms. The number of esters is 1. The summed E-state index contributed by atoms with van der Waals surface area (Å²) in [5, 5.41) is 0. The molecule has 13 heavy (non-hydrogen) atoms. The van der Waals surface area contributed by atoms with Gasteiger partial charge in [-0.05, 0) is 6.92 Å². The smallest absolute Gasteiger partial charge is 0.327 e. The number of carbonyl (C=O) groups excluding carboxylic acids is 1. The molecule has 0 amide bonds. The Balaban J connectivity index is 3.69. The molecule has 78 valence electrons. The van der Waals surface area contributed by atoms with E-state index in [0.717, 1.165) is 0 Å². The number of methoxy groups -OCH3 is 2. The summed E-state index contributed by atoms with van der Waals surface area (Å²) in [5.41, 5.74) is 4.53. The predicted molar refractivity (Wildman–Crippen MR) is 47.3 cm³/mol. The number of ether oxygens (including phenoxy) is 3. The molecule has 0 aromatic rings. The van der Waals surface area contributed by atoms with E-state index in [2.05, 4.69) is 4.74 Å². The van der Waals surface area contributed by atoms with E-state index in [9.17, 15) is 4.79 Å². The van der Waals surface area contributed by atoms with Crippen molar-refractivity contribution in [2.75, 3.05) is 34.0 Å². The van der Waals surface area contributed by atoms with E-state index in [4.69, 9.17) is 15.2 Å². The van der Waals surface area contributed by atoms with Crippen LogP contribution in [0.25, 0.3) is 0 Å². The van der Waals surface area contributed by atoms with Gasteiger partial charge in [0.15, 0.2) is 0 Å². The van der Waals surface area contributed by atoms with Gasteiger partial charge in [0.05, 0.1) is 26.9 Å². The Kier molecular flexibility index (Phi) is 5.61. The molecular formula is C8H17NO4. The standard InChI is InChI=1S/C8H17NO4/c1-8(9,7(10)12-3)6-13-5-4-11-2/h4-6,9H2,1-3H3. The highest BCUT2D eigenvalue weighted by Crippen LogP contribution is 2.02. The summed E-state index contributed by atoms with van der Waals surface area (Å²) in [4.78, 5) is 11.0. The predicted octanol–water partition coefficient (Wildman–Crippen LogP) is -0.460. The molecular weight excluding hydrogens is 174 g/mol. The summed E-state index contributed by atoms with van der Waals surface area (Å²) >= 11 is 0. The lowest BCUT2D eigenvalue weighted by molar-refractivity contribution is -0.148. The van der Waals surface area contributed by atoms with Gasteiger partial charge in [-0.15, -0.1) is 0 Å². The van der Waals surface area contributed by atoms with E-state index >= 15 is 0 Å². The average molecular weight is 191 g/mol. The fourth-order valence-electron chi connectivity index (χ4n) is 0.719. The Morgan fingerprint density at radius 3 is 2.46 bits per heavy atom. The molecule has 0 aromatic carbocycles. The van der Waals surface area contributed by atoms with Crippen LogP contribution in [0.2, 0.25) is 0 Å². The van der Waals surface area contributed by atoms with Gasteiger partial charge in [0, 0.05) is 7.11 Å². The Bertz CT molecular complexity index is 158. The molecule has 0 aliphatic carbocycles. The van der Waals surface area contributed by atoms with E-state index in [1.54, 1.807) is 14.0 Å². The molecule has 0 radical (unpaired) electrons. The highest BCUT2D eigenvalue weighted by atomic mass is 16.5. The van der Waals surface area contributed by atoms with Crippen LogP contribution in [0.1, 0.15) is 6.92 Å². The molecule has 0 aromatic heterocycles. The van der Waals surface area contributed by atoms with Crippen molar-refractivity contribution in [1.82, 2.24) is 0 Å². The van der Waals surface area contributed by atoms with Gasteiger partial charge < -0.3 is 19.9 Å². The molecule has 0 saturated carbocycles. The van der Waals surface area contributed by atoms with Crippen molar-refractivity contribution in [1.29, 1.82) is 0 Å². The summed E-state index contributed by atoms with van der Waals surface area (Å²) < 4.78 is 14.4. The van der Waals surface area contributed by atoms with Crippen LogP contribution in [0.15, 0.2) is 0 Å². The fourth-order valence-corrected chi connectivity index (χ4v) is 0.719. The third-order valence-electron chi connectivity index (χ3n) is 1.49. The highest BCUT2D eigenvalue weighted by molar-refractivity contribution is 5.80. The van der Waals surface area contributed by atoms with Gasteiger partial charge in [0.1, 0.15) is 5.54 Å². The van der Waals surface area contributed by atoms with Crippen molar-refractivity contribution in [2.24, 2.45) is 5.73 Å². The summed E-state index contributed by atoms with van der Waals surface area (Å²) in [6.45, 7) is 2.59. The van der Waals surface area contributed by atoms with Crippen molar-refractivity contribution in [3.8, 4) is 0 Å². The zero-order valence-electron chi connectivity index (χ0n) is 8.33. The van der Waals surface area contributed by atoms with Gasteiger partial charge in [-0.2, -0.15) is 0 Å². The number of hydrogen-bond acceptors (Lipinski definition) is 5. The Morgan fingerprint density at radius 1 is 1.38 bits per heavy atom. The van der Waals surface area contributed by atoms with Gasteiger partial charge in [-0.1, -0.05) is 0 Å². The van der Waals surface area contributed by atoms with E-state index in [0.29, 0.717) is 13.2 Å². The zero-order chi connectivity index (χ0) is 10.3.